The second kappa shape index (κ2) is 8.53. The van der Waals surface area contributed by atoms with Crippen LogP contribution in [0.4, 0.5) is 5.69 Å². The number of carbonyl (C=O) groups is 1. The van der Waals surface area contributed by atoms with Gasteiger partial charge < -0.3 is 10.1 Å². The zero-order valence-corrected chi connectivity index (χ0v) is 15.1. The molecule has 0 unspecified atom stereocenters. The smallest absolute Gasteiger partial charge is 0.224 e. The van der Waals surface area contributed by atoms with Crippen molar-refractivity contribution < 1.29 is 9.53 Å². The quantitative estimate of drug-likeness (QED) is 0.708. The molecule has 1 N–H and O–H groups in total. The second-order valence-corrected chi connectivity index (χ2v) is 6.55. The predicted molar refractivity (Wildman–Crippen MR) is 99.8 cm³/mol. The van der Waals surface area contributed by atoms with Gasteiger partial charge in [-0.05, 0) is 55.5 Å². The first-order chi connectivity index (χ1) is 11.5. The fourth-order valence-corrected chi connectivity index (χ4v) is 2.55. The molecule has 24 heavy (non-hydrogen) atoms. The van der Waals surface area contributed by atoms with E-state index in [-0.39, 0.29) is 5.91 Å². The van der Waals surface area contributed by atoms with Crippen molar-refractivity contribution in [1.82, 2.24) is 0 Å². The van der Waals surface area contributed by atoms with Crippen molar-refractivity contribution in [2.45, 2.75) is 46.5 Å². The first-order valence-corrected chi connectivity index (χ1v) is 8.55. The summed E-state index contributed by atoms with van der Waals surface area (Å²) in [4.78, 5) is 12.0. The minimum Gasteiger partial charge on any atom is -0.493 e. The van der Waals surface area contributed by atoms with Crippen LogP contribution in [0, 0.1) is 13.8 Å². The number of carbonyl (C=O) groups excluding carboxylic acids is 1. The standard InChI is InChI=1S/C21H27NO2/c1-15(2)18-8-10-19(11-9-18)22-21(23)6-5-13-24-20-12-7-16(3)14-17(20)4/h7-12,14-15H,5-6,13H2,1-4H3,(H,22,23). The van der Waals surface area contributed by atoms with Crippen molar-refractivity contribution in [3.63, 3.8) is 0 Å². The highest BCUT2D eigenvalue weighted by Crippen LogP contribution is 2.19. The van der Waals surface area contributed by atoms with Gasteiger partial charge in [0.2, 0.25) is 5.91 Å². The fraction of sp³-hybridized carbons (Fsp3) is 0.381. The van der Waals surface area contributed by atoms with Crippen LogP contribution >= 0.6 is 0 Å². The summed E-state index contributed by atoms with van der Waals surface area (Å²) >= 11 is 0. The van der Waals surface area contributed by atoms with Crippen LogP contribution in [0.1, 0.15) is 49.3 Å². The van der Waals surface area contributed by atoms with Gasteiger partial charge in [0.05, 0.1) is 6.61 Å². The Morgan fingerprint density at radius 3 is 2.42 bits per heavy atom. The largest absolute Gasteiger partial charge is 0.493 e. The third-order valence-corrected chi connectivity index (χ3v) is 4.00. The monoisotopic (exact) mass is 325 g/mol. The van der Waals surface area contributed by atoms with Crippen molar-refractivity contribution in [3.8, 4) is 5.75 Å². The maximum atomic E-state index is 12.0. The molecule has 128 valence electrons. The molecule has 3 heteroatoms. The number of hydrogen-bond acceptors (Lipinski definition) is 2. The summed E-state index contributed by atoms with van der Waals surface area (Å²) in [6, 6.07) is 14.2. The van der Waals surface area contributed by atoms with E-state index in [9.17, 15) is 4.79 Å². The van der Waals surface area contributed by atoms with Crippen molar-refractivity contribution in [2.75, 3.05) is 11.9 Å². The molecule has 2 aromatic rings. The molecule has 0 spiro atoms. The molecule has 0 saturated carbocycles. The van der Waals surface area contributed by atoms with E-state index in [1.807, 2.05) is 31.2 Å². The SMILES string of the molecule is Cc1ccc(OCCCC(=O)Nc2ccc(C(C)C)cc2)c(C)c1. The van der Waals surface area contributed by atoms with Gasteiger partial charge in [-0.25, -0.2) is 0 Å². The Morgan fingerprint density at radius 2 is 1.79 bits per heavy atom. The highest BCUT2D eigenvalue weighted by atomic mass is 16.5. The van der Waals surface area contributed by atoms with Crippen LogP contribution < -0.4 is 10.1 Å². The molecule has 0 atom stereocenters. The summed E-state index contributed by atoms with van der Waals surface area (Å²) in [6.45, 7) is 8.96. The van der Waals surface area contributed by atoms with Crippen LogP contribution in [-0.4, -0.2) is 12.5 Å². The Hall–Kier alpha value is -2.29. The van der Waals surface area contributed by atoms with E-state index in [4.69, 9.17) is 4.74 Å². The molecule has 0 aliphatic carbocycles. The first-order valence-electron chi connectivity index (χ1n) is 8.55. The zero-order chi connectivity index (χ0) is 17.5. The molecule has 0 radical (unpaired) electrons. The topological polar surface area (TPSA) is 38.3 Å². The van der Waals surface area contributed by atoms with Crippen molar-refractivity contribution in [1.29, 1.82) is 0 Å². The summed E-state index contributed by atoms with van der Waals surface area (Å²) < 4.78 is 5.75. The van der Waals surface area contributed by atoms with E-state index in [0.29, 0.717) is 25.4 Å². The highest BCUT2D eigenvalue weighted by Gasteiger charge is 2.05. The van der Waals surface area contributed by atoms with Gasteiger partial charge in [-0.15, -0.1) is 0 Å². The van der Waals surface area contributed by atoms with Crippen LogP contribution in [0.25, 0.3) is 0 Å². The van der Waals surface area contributed by atoms with E-state index in [1.165, 1.54) is 11.1 Å². The van der Waals surface area contributed by atoms with E-state index in [0.717, 1.165) is 17.0 Å². The van der Waals surface area contributed by atoms with Gasteiger partial charge in [-0.3, -0.25) is 4.79 Å². The molecule has 0 fully saturated rings. The third kappa shape index (κ3) is 5.41. The van der Waals surface area contributed by atoms with Crippen LogP contribution in [0.3, 0.4) is 0 Å². The van der Waals surface area contributed by atoms with Gasteiger partial charge in [-0.2, -0.15) is 0 Å². The number of benzene rings is 2. The summed E-state index contributed by atoms with van der Waals surface area (Å²) in [5.74, 6) is 1.42. The lowest BCUT2D eigenvalue weighted by Crippen LogP contribution is -2.13. The van der Waals surface area contributed by atoms with E-state index < -0.39 is 0 Å². The van der Waals surface area contributed by atoms with Gasteiger partial charge in [0.25, 0.3) is 0 Å². The van der Waals surface area contributed by atoms with Crippen molar-refractivity contribution in [2.24, 2.45) is 0 Å². The van der Waals surface area contributed by atoms with E-state index in [1.54, 1.807) is 0 Å². The number of anilines is 1. The molecule has 2 aromatic carbocycles. The Bertz CT molecular complexity index is 675. The Kier molecular flexibility index (Phi) is 6.42. The predicted octanol–water partition coefficient (Wildman–Crippen LogP) is 5.22. The molecule has 0 aromatic heterocycles. The summed E-state index contributed by atoms with van der Waals surface area (Å²) in [5.41, 5.74) is 4.47. The van der Waals surface area contributed by atoms with Crippen LogP contribution in [0.2, 0.25) is 0 Å². The molecule has 1 amide bonds. The minimum atomic E-state index is 0.0246. The normalized spacial score (nSPS) is 10.7. The molecule has 0 bridgehead atoms. The molecule has 0 aliphatic heterocycles. The molecule has 2 rings (SSSR count). The number of ether oxygens (including phenoxy) is 1. The average molecular weight is 325 g/mol. The number of nitrogens with one attached hydrogen (secondary N) is 1. The zero-order valence-electron chi connectivity index (χ0n) is 15.1. The summed E-state index contributed by atoms with van der Waals surface area (Å²) in [5, 5.41) is 2.93. The first kappa shape index (κ1) is 18.1. The lowest BCUT2D eigenvalue weighted by molar-refractivity contribution is -0.116. The Balaban J connectivity index is 1.73. The fourth-order valence-electron chi connectivity index (χ4n) is 2.55. The molecule has 3 nitrogen and oxygen atoms in total. The Morgan fingerprint density at radius 1 is 1.08 bits per heavy atom. The molecule has 0 saturated heterocycles. The lowest BCUT2D eigenvalue weighted by atomic mass is 10.0. The average Bonchev–Trinajstić information content (AvgIpc) is 2.53. The highest BCUT2D eigenvalue weighted by molar-refractivity contribution is 5.90. The van der Waals surface area contributed by atoms with Gasteiger partial charge in [0.15, 0.2) is 0 Å². The summed E-state index contributed by atoms with van der Waals surface area (Å²) in [6.07, 6.45) is 1.15. The minimum absolute atomic E-state index is 0.0246. The van der Waals surface area contributed by atoms with Gasteiger partial charge in [0, 0.05) is 12.1 Å². The molecule has 0 aliphatic rings. The number of amides is 1. The van der Waals surface area contributed by atoms with Crippen LogP contribution in [0.5, 0.6) is 5.75 Å². The number of hydrogen-bond donors (Lipinski definition) is 1. The number of rotatable bonds is 7. The van der Waals surface area contributed by atoms with E-state index in [2.05, 4.69) is 44.3 Å². The second-order valence-electron chi connectivity index (χ2n) is 6.55. The third-order valence-electron chi connectivity index (χ3n) is 4.00. The van der Waals surface area contributed by atoms with Gasteiger partial charge in [-0.1, -0.05) is 43.7 Å². The van der Waals surface area contributed by atoms with Gasteiger partial charge >= 0.3 is 0 Å². The maximum absolute atomic E-state index is 12.0. The maximum Gasteiger partial charge on any atom is 0.224 e. The number of aryl methyl sites for hydroxylation is 2. The Labute approximate surface area is 145 Å². The van der Waals surface area contributed by atoms with Crippen molar-refractivity contribution in [3.05, 3.63) is 59.2 Å². The van der Waals surface area contributed by atoms with Crippen LogP contribution in [0.15, 0.2) is 42.5 Å². The van der Waals surface area contributed by atoms with Crippen molar-refractivity contribution >= 4 is 11.6 Å². The summed E-state index contributed by atoms with van der Waals surface area (Å²) in [7, 11) is 0. The van der Waals surface area contributed by atoms with Gasteiger partial charge in [0.1, 0.15) is 5.75 Å². The molecular formula is C21H27NO2. The molecule has 0 heterocycles. The van der Waals surface area contributed by atoms with E-state index >= 15 is 0 Å². The van der Waals surface area contributed by atoms with Crippen LogP contribution in [-0.2, 0) is 4.79 Å². The lowest BCUT2D eigenvalue weighted by Gasteiger charge is -2.10. The molecular weight excluding hydrogens is 298 g/mol.